The highest BCUT2D eigenvalue weighted by Crippen LogP contribution is 2.48. The molecule has 1 aromatic heterocycles. The second-order valence-electron chi connectivity index (χ2n) is 13.5. The fourth-order valence-corrected chi connectivity index (χ4v) is 6.77. The fraction of sp³-hybridized carbons (Fsp3) is 0.676. The third-order valence-corrected chi connectivity index (χ3v) is 9.89. The van der Waals surface area contributed by atoms with Crippen molar-refractivity contribution in [1.82, 2.24) is 20.2 Å². The molecule has 4 unspecified atom stereocenters. The third-order valence-electron chi connectivity index (χ3n) is 9.89. The summed E-state index contributed by atoms with van der Waals surface area (Å²) >= 11 is 0. The molecule has 2 aliphatic heterocycles. The number of amides is 1. The molecule has 0 bridgehead atoms. The van der Waals surface area contributed by atoms with Crippen LogP contribution in [0.5, 0.6) is 0 Å². The Morgan fingerprint density at radius 2 is 1.75 bits per heavy atom. The van der Waals surface area contributed by atoms with Crippen molar-refractivity contribution in [1.29, 1.82) is 0 Å². The van der Waals surface area contributed by atoms with E-state index in [2.05, 4.69) is 20.2 Å². The van der Waals surface area contributed by atoms with Crippen molar-refractivity contribution < 1.29 is 44.2 Å². The average Bonchev–Trinajstić information content (AvgIpc) is 3.85. The fourth-order valence-electron chi connectivity index (χ4n) is 6.77. The predicted molar refractivity (Wildman–Crippen MR) is 173 cm³/mol. The SMILES string of the molecule is COCc1cnc(N2CCC([C@H]3C[C@H]3COCc3ccc(CC(=O)N4CC(CNCC(O)C(O)C(O)C(O)CO)C4)c(F)c3)CC2)nc1. The molecule has 14 heteroatoms. The largest absolute Gasteiger partial charge is 0.394 e. The maximum absolute atomic E-state index is 14.9. The number of halogens is 1. The number of carbonyl (C=O) groups is 1. The van der Waals surface area contributed by atoms with Crippen LogP contribution in [0.15, 0.2) is 30.6 Å². The van der Waals surface area contributed by atoms with Crippen molar-refractivity contribution in [2.24, 2.45) is 23.7 Å². The van der Waals surface area contributed by atoms with Gasteiger partial charge in [0.2, 0.25) is 11.9 Å². The molecule has 48 heavy (non-hydrogen) atoms. The van der Waals surface area contributed by atoms with Crippen molar-refractivity contribution in [3.8, 4) is 0 Å². The van der Waals surface area contributed by atoms with E-state index in [0.29, 0.717) is 62.8 Å². The van der Waals surface area contributed by atoms with Gasteiger partial charge in [0.25, 0.3) is 0 Å². The number of aliphatic hydroxyl groups is 5. The van der Waals surface area contributed by atoms with Gasteiger partial charge in [-0.2, -0.15) is 0 Å². The van der Waals surface area contributed by atoms with Crippen LogP contribution in [-0.4, -0.2) is 130 Å². The van der Waals surface area contributed by atoms with Crippen molar-refractivity contribution in [3.63, 3.8) is 0 Å². The number of hydrogen-bond acceptors (Lipinski definition) is 12. The molecule has 0 spiro atoms. The minimum absolute atomic E-state index is 0.0308. The molecule has 0 radical (unpaired) electrons. The minimum atomic E-state index is -1.67. The van der Waals surface area contributed by atoms with Crippen LogP contribution in [0.3, 0.4) is 0 Å². The Hall–Kier alpha value is -2.82. The molecule has 13 nitrogen and oxygen atoms in total. The van der Waals surface area contributed by atoms with Crippen LogP contribution in [0.2, 0.25) is 0 Å². The number of methoxy groups -OCH3 is 1. The van der Waals surface area contributed by atoms with E-state index in [4.69, 9.17) is 14.6 Å². The number of aromatic nitrogens is 2. The summed E-state index contributed by atoms with van der Waals surface area (Å²) < 4.78 is 26.0. The number of likely N-dealkylation sites (tertiary alicyclic amines) is 1. The molecular formula is C34H50FN5O8. The zero-order valence-electron chi connectivity index (χ0n) is 27.5. The second kappa shape index (κ2) is 17.2. The molecule has 3 fully saturated rings. The lowest BCUT2D eigenvalue weighted by molar-refractivity contribution is -0.136. The maximum atomic E-state index is 14.9. The van der Waals surface area contributed by atoms with Gasteiger partial charge in [0.05, 0.1) is 39.0 Å². The van der Waals surface area contributed by atoms with Gasteiger partial charge in [-0.3, -0.25) is 4.79 Å². The minimum Gasteiger partial charge on any atom is -0.394 e. The van der Waals surface area contributed by atoms with Gasteiger partial charge >= 0.3 is 0 Å². The molecule has 1 aliphatic carbocycles. The number of ether oxygens (including phenoxy) is 2. The summed E-state index contributed by atoms with van der Waals surface area (Å²) in [5, 5.41) is 50.8. The van der Waals surface area contributed by atoms with Crippen molar-refractivity contribution in [3.05, 3.63) is 53.1 Å². The van der Waals surface area contributed by atoms with Crippen molar-refractivity contribution in [2.45, 2.75) is 63.3 Å². The molecule has 1 aromatic carbocycles. The first-order chi connectivity index (χ1) is 23.2. The van der Waals surface area contributed by atoms with Crippen molar-refractivity contribution >= 4 is 11.9 Å². The summed E-state index contributed by atoms with van der Waals surface area (Å²) in [5.74, 6) is 2.22. The quantitative estimate of drug-likeness (QED) is 0.123. The van der Waals surface area contributed by atoms with Crippen LogP contribution in [0.1, 0.15) is 36.0 Å². The number of anilines is 1. The van der Waals surface area contributed by atoms with E-state index in [0.717, 1.165) is 43.0 Å². The average molecular weight is 676 g/mol. The zero-order valence-corrected chi connectivity index (χ0v) is 27.5. The summed E-state index contributed by atoms with van der Waals surface area (Å²) in [6.45, 7) is 4.08. The Labute approximate surface area is 280 Å². The Bertz CT molecular complexity index is 1310. The van der Waals surface area contributed by atoms with E-state index < -0.39 is 36.8 Å². The van der Waals surface area contributed by atoms with Crippen LogP contribution in [0, 0.1) is 29.5 Å². The number of nitrogens with one attached hydrogen (secondary N) is 1. The summed E-state index contributed by atoms with van der Waals surface area (Å²) in [7, 11) is 1.66. The highest BCUT2D eigenvalue weighted by Gasteiger charge is 2.43. The van der Waals surface area contributed by atoms with Crippen LogP contribution in [0.25, 0.3) is 0 Å². The van der Waals surface area contributed by atoms with E-state index in [-0.39, 0.29) is 24.8 Å². The lowest BCUT2D eigenvalue weighted by atomic mass is 9.91. The molecule has 5 rings (SSSR count). The number of aliphatic hydroxyl groups excluding tert-OH is 5. The smallest absolute Gasteiger partial charge is 0.227 e. The number of carbonyl (C=O) groups excluding carboxylic acids is 1. The molecule has 6 atom stereocenters. The van der Waals surface area contributed by atoms with Crippen LogP contribution in [-0.2, 0) is 33.9 Å². The molecule has 1 saturated carbocycles. The van der Waals surface area contributed by atoms with Crippen LogP contribution in [0.4, 0.5) is 10.3 Å². The number of benzene rings is 1. The summed E-state index contributed by atoms with van der Waals surface area (Å²) in [6.07, 6.45) is 0.832. The summed E-state index contributed by atoms with van der Waals surface area (Å²) in [6, 6.07) is 4.92. The van der Waals surface area contributed by atoms with Gasteiger partial charge in [0.1, 0.15) is 24.1 Å². The molecule has 2 aromatic rings. The molecule has 3 aliphatic rings. The second-order valence-corrected chi connectivity index (χ2v) is 13.5. The summed E-state index contributed by atoms with van der Waals surface area (Å²) in [4.78, 5) is 25.6. The Kier molecular flexibility index (Phi) is 13.1. The molecule has 266 valence electrons. The predicted octanol–water partition coefficient (Wildman–Crippen LogP) is -0.142. The van der Waals surface area contributed by atoms with Gasteiger partial charge in [-0.05, 0) is 54.2 Å². The van der Waals surface area contributed by atoms with Gasteiger partial charge in [0.15, 0.2) is 0 Å². The van der Waals surface area contributed by atoms with Crippen LogP contribution >= 0.6 is 0 Å². The Morgan fingerprint density at radius 1 is 1.04 bits per heavy atom. The molecule has 3 heterocycles. The maximum Gasteiger partial charge on any atom is 0.227 e. The van der Waals surface area contributed by atoms with Gasteiger partial charge in [-0.1, -0.05) is 12.1 Å². The third kappa shape index (κ3) is 9.66. The first kappa shape index (κ1) is 36.5. The van der Waals surface area contributed by atoms with Gasteiger partial charge in [-0.15, -0.1) is 0 Å². The topological polar surface area (TPSA) is 181 Å². The zero-order chi connectivity index (χ0) is 34.2. The molecular weight excluding hydrogens is 625 g/mol. The van der Waals surface area contributed by atoms with E-state index in [1.54, 1.807) is 18.1 Å². The molecule has 6 N–H and O–H groups in total. The van der Waals surface area contributed by atoms with E-state index >= 15 is 0 Å². The van der Waals surface area contributed by atoms with Crippen molar-refractivity contribution in [2.75, 3.05) is 64.5 Å². The normalized spacial score (nSPS) is 22.6. The highest BCUT2D eigenvalue weighted by molar-refractivity contribution is 5.79. The first-order valence-electron chi connectivity index (χ1n) is 16.9. The Balaban J connectivity index is 0.940. The monoisotopic (exact) mass is 675 g/mol. The van der Waals surface area contributed by atoms with Gasteiger partial charge < -0.3 is 50.1 Å². The van der Waals surface area contributed by atoms with E-state index in [9.17, 15) is 29.6 Å². The summed E-state index contributed by atoms with van der Waals surface area (Å²) in [5.41, 5.74) is 2.05. The van der Waals surface area contributed by atoms with Gasteiger partial charge in [-0.25, -0.2) is 14.4 Å². The number of rotatable bonds is 18. The number of piperidine rings is 1. The Morgan fingerprint density at radius 3 is 2.42 bits per heavy atom. The highest BCUT2D eigenvalue weighted by atomic mass is 19.1. The lowest BCUT2D eigenvalue weighted by Gasteiger charge is -2.39. The lowest BCUT2D eigenvalue weighted by Crippen LogP contribution is -2.55. The van der Waals surface area contributed by atoms with E-state index in [1.165, 1.54) is 12.5 Å². The first-order valence-corrected chi connectivity index (χ1v) is 16.9. The standard InChI is InChI=1S/C34H50FN5O8/c1-47-18-22-12-37-34(38-13-22)39-6-4-24(5-7-39)27-9-26(27)20-48-19-21-2-3-25(28(35)8-21)10-31(44)40-15-23(16-40)11-36-14-29(42)32(45)33(46)30(43)17-41/h2-3,8,12-13,23-24,26-27,29-30,32-33,36,41-43,45-46H,4-7,9-11,14-20H2,1H3/t26-,27+,29?,30?,32?,33?/m0/s1. The number of nitrogens with zero attached hydrogens (tertiary/aromatic N) is 4. The van der Waals surface area contributed by atoms with Crippen LogP contribution < -0.4 is 10.2 Å². The van der Waals surface area contributed by atoms with Gasteiger partial charge in [0, 0.05) is 70.3 Å². The van der Waals surface area contributed by atoms with E-state index in [1.807, 2.05) is 18.5 Å². The molecule has 1 amide bonds. The molecule has 2 saturated heterocycles. The number of hydrogen-bond donors (Lipinski definition) is 6.